The summed E-state index contributed by atoms with van der Waals surface area (Å²) in [6.45, 7) is 1.63. The molecule has 2 rings (SSSR count). The van der Waals surface area contributed by atoms with Crippen LogP contribution in [0.15, 0.2) is 18.3 Å². The van der Waals surface area contributed by atoms with Gasteiger partial charge in [-0.15, -0.1) is 0 Å². The van der Waals surface area contributed by atoms with E-state index in [0.29, 0.717) is 11.7 Å². The van der Waals surface area contributed by atoms with Crippen molar-refractivity contribution in [2.75, 3.05) is 25.0 Å². The molecular weight excluding hydrogens is 208 g/mol. The lowest BCUT2D eigenvalue weighted by Crippen LogP contribution is -2.29. The van der Waals surface area contributed by atoms with Crippen molar-refractivity contribution in [1.29, 1.82) is 0 Å². The number of pyridine rings is 1. The van der Waals surface area contributed by atoms with Gasteiger partial charge in [-0.05, 0) is 35.5 Å². The van der Waals surface area contributed by atoms with E-state index >= 15 is 0 Å². The van der Waals surface area contributed by atoms with Gasteiger partial charge in [0.25, 0.3) is 0 Å². The van der Waals surface area contributed by atoms with Gasteiger partial charge in [0.1, 0.15) is 11.9 Å². The molecule has 1 aromatic heterocycles. The monoisotopic (exact) mass is 222 g/mol. The molecule has 6 heteroatoms. The molecule has 1 aliphatic heterocycles. The highest BCUT2D eigenvalue weighted by Gasteiger charge is 2.26. The van der Waals surface area contributed by atoms with E-state index < -0.39 is 4.92 Å². The van der Waals surface area contributed by atoms with Crippen molar-refractivity contribution in [1.82, 2.24) is 10.3 Å². The van der Waals surface area contributed by atoms with Crippen LogP contribution in [-0.4, -0.2) is 36.1 Å². The van der Waals surface area contributed by atoms with E-state index in [1.165, 1.54) is 6.20 Å². The zero-order valence-electron chi connectivity index (χ0n) is 9.09. The fourth-order valence-electron chi connectivity index (χ4n) is 1.99. The van der Waals surface area contributed by atoms with Crippen LogP contribution in [0.3, 0.4) is 0 Å². The Morgan fingerprint density at radius 3 is 3.12 bits per heavy atom. The van der Waals surface area contributed by atoms with E-state index in [9.17, 15) is 10.1 Å². The second kappa shape index (κ2) is 4.44. The third-order valence-corrected chi connectivity index (χ3v) is 2.88. The summed E-state index contributed by atoms with van der Waals surface area (Å²) in [6.07, 6.45) is 2.45. The first kappa shape index (κ1) is 10.8. The van der Waals surface area contributed by atoms with E-state index in [2.05, 4.69) is 10.3 Å². The number of rotatable bonds is 3. The highest BCUT2D eigenvalue weighted by Crippen LogP contribution is 2.27. The number of hydrogen-bond acceptors (Lipinski definition) is 5. The van der Waals surface area contributed by atoms with Gasteiger partial charge in [-0.2, -0.15) is 0 Å². The van der Waals surface area contributed by atoms with E-state index in [0.717, 1.165) is 19.5 Å². The summed E-state index contributed by atoms with van der Waals surface area (Å²) >= 11 is 0. The van der Waals surface area contributed by atoms with Crippen LogP contribution >= 0.6 is 0 Å². The van der Waals surface area contributed by atoms with E-state index in [-0.39, 0.29) is 5.82 Å². The van der Waals surface area contributed by atoms with Crippen LogP contribution in [-0.2, 0) is 0 Å². The molecule has 0 radical (unpaired) electrons. The molecule has 2 heterocycles. The maximum absolute atomic E-state index is 10.8. The summed E-state index contributed by atoms with van der Waals surface area (Å²) in [4.78, 5) is 16.2. The predicted molar refractivity (Wildman–Crippen MR) is 60.6 cm³/mol. The number of nitrogens with zero attached hydrogens (tertiary/aromatic N) is 3. The van der Waals surface area contributed by atoms with Crippen LogP contribution in [0.1, 0.15) is 6.42 Å². The van der Waals surface area contributed by atoms with Crippen LogP contribution < -0.4 is 10.2 Å². The van der Waals surface area contributed by atoms with Crippen molar-refractivity contribution in [3.63, 3.8) is 0 Å². The zero-order valence-corrected chi connectivity index (χ0v) is 9.09. The zero-order chi connectivity index (χ0) is 11.5. The molecule has 1 aromatic rings. The van der Waals surface area contributed by atoms with Crippen molar-refractivity contribution in [2.45, 2.75) is 12.5 Å². The Bertz CT molecular complexity index is 396. The SMILES string of the molecule is CNC1CCN(c2cccnc2[N+](=O)[O-])C1. The normalized spacial score (nSPS) is 20.1. The summed E-state index contributed by atoms with van der Waals surface area (Å²) in [7, 11) is 1.91. The molecule has 0 spiro atoms. The minimum Gasteiger partial charge on any atom is -0.363 e. The van der Waals surface area contributed by atoms with Crippen molar-refractivity contribution >= 4 is 11.5 Å². The van der Waals surface area contributed by atoms with Crippen molar-refractivity contribution in [3.8, 4) is 0 Å². The second-order valence-electron chi connectivity index (χ2n) is 3.82. The number of nitro groups is 1. The predicted octanol–water partition coefficient (Wildman–Crippen LogP) is 0.788. The summed E-state index contributed by atoms with van der Waals surface area (Å²) < 4.78 is 0. The Labute approximate surface area is 93.4 Å². The molecule has 1 N–H and O–H groups in total. The number of hydrogen-bond donors (Lipinski definition) is 1. The summed E-state index contributed by atoms with van der Waals surface area (Å²) in [6, 6.07) is 3.89. The van der Waals surface area contributed by atoms with Gasteiger partial charge in [0.05, 0.1) is 0 Å². The minimum absolute atomic E-state index is 0.0562. The van der Waals surface area contributed by atoms with Gasteiger partial charge in [0.15, 0.2) is 0 Å². The molecule has 1 fully saturated rings. The van der Waals surface area contributed by atoms with Crippen LogP contribution in [0.2, 0.25) is 0 Å². The number of nitrogens with one attached hydrogen (secondary N) is 1. The Morgan fingerprint density at radius 1 is 1.69 bits per heavy atom. The standard InChI is InChI=1S/C10H14N4O2/c1-11-8-4-6-13(7-8)9-3-2-5-12-10(9)14(15)16/h2-3,5,8,11H,4,6-7H2,1H3. The molecular formula is C10H14N4O2. The largest absolute Gasteiger partial charge is 0.387 e. The van der Waals surface area contributed by atoms with Crippen LogP contribution in [0.25, 0.3) is 0 Å². The molecule has 0 bridgehead atoms. The number of aromatic nitrogens is 1. The Hall–Kier alpha value is -1.69. The summed E-state index contributed by atoms with van der Waals surface area (Å²) in [5.74, 6) is -0.0562. The maximum atomic E-state index is 10.8. The van der Waals surface area contributed by atoms with Gasteiger partial charge >= 0.3 is 5.82 Å². The molecule has 0 aromatic carbocycles. The Morgan fingerprint density at radius 2 is 2.50 bits per heavy atom. The molecule has 16 heavy (non-hydrogen) atoms. The van der Waals surface area contributed by atoms with Gasteiger partial charge < -0.3 is 20.3 Å². The van der Waals surface area contributed by atoms with Crippen molar-refractivity contribution in [3.05, 3.63) is 28.4 Å². The van der Waals surface area contributed by atoms with Gasteiger partial charge in [-0.1, -0.05) is 0 Å². The first-order chi connectivity index (χ1) is 7.72. The molecule has 1 saturated heterocycles. The fourth-order valence-corrected chi connectivity index (χ4v) is 1.99. The highest BCUT2D eigenvalue weighted by molar-refractivity contribution is 5.59. The maximum Gasteiger partial charge on any atom is 0.387 e. The topological polar surface area (TPSA) is 71.3 Å². The quantitative estimate of drug-likeness (QED) is 0.604. The number of likely N-dealkylation sites (N-methyl/N-ethyl adjacent to an activating group) is 1. The summed E-state index contributed by atoms with van der Waals surface area (Å²) in [5.41, 5.74) is 0.616. The molecule has 0 saturated carbocycles. The van der Waals surface area contributed by atoms with Gasteiger partial charge in [-0.25, -0.2) is 0 Å². The Balaban J connectivity index is 2.24. The van der Waals surface area contributed by atoms with Crippen LogP contribution in [0.5, 0.6) is 0 Å². The van der Waals surface area contributed by atoms with E-state index in [4.69, 9.17) is 0 Å². The first-order valence-corrected chi connectivity index (χ1v) is 5.24. The van der Waals surface area contributed by atoms with Gasteiger partial charge in [-0.3, -0.25) is 0 Å². The average Bonchev–Trinajstić information content (AvgIpc) is 2.77. The van der Waals surface area contributed by atoms with Gasteiger partial charge in [0.2, 0.25) is 0 Å². The molecule has 1 atom stereocenters. The third-order valence-electron chi connectivity index (χ3n) is 2.88. The molecule has 0 amide bonds. The molecule has 6 nitrogen and oxygen atoms in total. The second-order valence-corrected chi connectivity index (χ2v) is 3.82. The van der Waals surface area contributed by atoms with Crippen molar-refractivity contribution in [2.24, 2.45) is 0 Å². The summed E-state index contributed by atoms with van der Waals surface area (Å²) in [5, 5.41) is 14.0. The fraction of sp³-hybridized carbons (Fsp3) is 0.500. The van der Waals surface area contributed by atoms with Crippen LogP contribution in [0.4, 0.5) is 11.5 Å². The van der Waals surface area contributed by atoms with E-state index in [1.54, 1.807) is 12.1 Å². The lowest BCUT2D eigenvalue weighted by molar-refractivity contribution is -0.388. The van der Waals surface area contributed by atoms with Crippen molar-refractivity contribution < 1.29 is 4.92 Å². The highest BCUT2D eigenvalue weighted by atomic mass is 16.6. The molecule has 0 aliphatic carbocycles. The van der Waals surface area contributed by atoms with Crippen LogP contribution in [0, 0.1) is 10.1 Å². The molecule has 86 valence electrons. The lowest BCUT2D eigenvalue weighted by Gasteiger charge is -2.17. The smallest absolute Gasteiger partial charge is 0.363 e. The Kier molecular flexibility index (Phi) is 3.00. The lowest BCUT2D eigenvalue weighted by atomic mass is 10.3. The first-order valence-electron chi connectivity index (χ1n) is 5.24. The third kappa shape index (κ3) is 1.96. The molecule has 1 aliphatic rings. The van der Waals surface area contributed by atoms with Gasteiger partial charge in [0, 0.05) is 19.1 Å². The minimum atomic E-state index is -0.429. The van der Waals surface area contributed by atoms with E-state index in [1.807, 2.05) is 11.9 Å². The average molecular weight is 222 g/mol. The molecule has 1 unspecified atom stereocenters. The number of anilines is 1.